The van der Waals surface area contributed by atoms with Crippen LogP contribution in [0.5, 0.6) is 0 Å². The Morgan fingerprint density at radius 2 is 1.91 bits per heavy atom. The lowest BCUT2D eigenvalue weighted by molar-refractivity contribution is 0.0730. The molecule has 3 heterocycles. The van der Waals surface area contributed by atoms with Gasteiger partial charge in [0.1, 0.15) is 18.3 Å². The van der Waals surface area contributed by atoms with Crippen LogP contribution in [0.2, 0.25) is 0 Å². The molecule has 1 fully saturated rings. The Morgan fingerprint density at radius 1 is 1.11 bits per heavy atom. The largest absolute Gasteiger partial charge is 0.379 e. The molecule has 2 aromatic heterocycles. The number of carbonyl (C=O) groups excluding carboxylic acids is 1. The van der Waals surface area contributed by atoms with E-state index in [9.17, 15) is 22.4 Å². The smallest absolute Gasteiger partial charge is 0.256 e. The van der Waals surface area contributed by atoms with Crippen LogP contribution >= 0.6 is 0 Å². The number of fused-ring (bicyclic) bond motifs is 1. The van der Waals surface area contributed by atoms with Crippen LogP contribution in [0.1, 0.15) is 10.4 Å². The summed E-state index contributed by atoms with van der Waals surface area (Å²) in [5.74, 6) is -1.35. The molecule has 0 spiro atoms. The first-order valence-corrected chi connectivity index (χ1v) is 12.0. The first kappa shape index (κ1) is 22.8. The summed E-state index contributed by atoms with van der Waals surface area (Å²) in [6.07, 6.45) is 2.60. The zero-order valence-corrected chi connectivity index (χ0v) is 19.0. The van der Waals surface area contributed by atoms with Crippen molar-refractivity contribution in [2.75, 3.05) is 31.6 Å². The number of carbonyl (C=O) groups is 1. The number of ether oxygens (including phenoxy) is 1. The molecule has 180 valence electrons. The normalized spacial score (nSPS) is 14.8. The van der Waals surface area contributed by atoms with Gasteiger partial charge in [-0.15, -0.1) is 0 Å². The molecule has 2 N–H and O–H groups in total. The molecule has 13 heteroatoms. The highest BCUT2D eigenvalue weighted by Crippen LogP contribution is 2.25. The number of nitrogens with one attached hydrogen (secondary N) is 2. The van der Waals surface area contributed by atoms with Crippen molar-refractivity contribution < 1.29 is 22.3 Å². The highest BCUT2D eigenvalue weighted by Gasteiger charge is 2.27. The number of morpholine rings is 1. The fourth-order valence-corrected chi connectivity index (χ4v) is 5.25. The fourth-order valence-electron chi connectivity index (χ4n) is 3.82. The van der Waals surface area contributed by atoms with Crippen molar-refractivity contribution in [2.45, 2.75) is 4.90 Å². The number of sulfonamides is 1. The van der Waals surface area contributed by atoms with Crippen molar-refractivity contribution in [3.8, 4) is 5.69 Å². The molecule has 1 saturated heterocycles. The molecule has 1 aliphatic rings. The van der Waals surface area contributed by atoms with E-state index < -0.39 is 27.3 Å². The van der Waals surface area contributed by atoms with E-state index >= 15 is 0 Å². The van der Waals surface area contributed by atoms with Crippen LogP contribution < -0.4 is 10.9 Å². The van der Waals surface area contributed by atoms with Gasteiger partial charge < -0.3 is 15.0 Å². The number of rotatable bonds is 5. The number of anilines is 1. The Morgan fingerprint density at radius 3 is 2.63 bits per heavy atom. The Labute approximate surface area is 198 Å². The second-order valence-electron chi connectivity index (χ2n) is 7.73. The van der Waals surface area contributed by atoms with Crippen LogP contribution in [0, 0.1) is 5.82 Å². The van der Waals surface area contributed by atoms with E-state index in [1.54, 1.807) is 0 Å². The summed E-state index contributed by atoms with van der Waals surface area (Å²) in [6.45, 7) is 1.02. The average Bonchev–Trinajstić information content (AvgIpc) is 3.38. The van der Waals surface area contributed by atoms with Gasteiger partial charge in [-0.2, -0.15) is 9.40 Å². The number of hydrogen-bond donors (Lipinski definition) is 2. The monoisotopic (exact) mass is 498 g/mol. The van der Waals surface area contributed by atoms with Gasteiger partial charge in [0.05, 0.1) is 23.7 Å². The maximum atomic E-state index is 14.6. The van der Waals surface area contributed by atoms with E-state index in [4.69, 9.17) is 4.74 Å². The Bertz CT molecular complexity index is 1580. The van der Waals surface area contributed by atoms with Crippen LogP contribution in [-0.2, 0) is 14.8 Å². The van der Waals surface area contributed by atoms with Gasteiger partial charge in [0, 0.05) is 35.7 Å². The van der Waals surface area contributed by atoms with Crippen molar-refractivity contribution >= 4 is 32.5 Å². The molecule has 4 aromatic rings. The highest BCUT2D eigenvalue weighted by atomic mass is 32.2. The molecule has 35 heavy (non-hydrogen) atoms. The van der Waals surface area contributed by atoms with Gasteiger partial charge in [0.2, 0.25) is 15.6 Å². The fraction of sp³-hybridized carbons (Fsp3) is 0.182. The zero-order valence-electron chi connectivity index (χ0n) is 18.1. The quantitative estimate of drug-likeness (QED) is 0.425. The summed E-state index contributed by atoms with van der Waals surface area (Å²) < 4.78 is 48.5. The third-order valence-corrected chi connectivity index (χ3v) is 7.43. The molecule has 0 saturated carbocycles. The molecule has 1 aliphatic heterocycles. The van der Waals surface area contributed by atoms with Crippen LogP contribution in [-0.4, -0.2) is 64.7 Å². The van der Waals surface area contributed by atoms with Crippen molar-refractivity contribution in [1.29, 1.82) is 0 Å². The second-order valence-corrected chi connectivity index (χ2v) is 9.67. The topological polar surface area (TPSA) is 139 Å². The standard InChI is InChI=1S/C22H19FN6O5S/c23-18-9-14(1-4-20(18)29-13-24-12-25-29)26-22(31)17-11-21(30)27-19-3-2-15(10-16(17)19)35(32,33)28-5-7-34-8-6-28/h1-4,9-13H,5-8H2,(H,26,31)(H,27,30). The molecular weight excluding hydrogens is 479 g/mol. The van der Waals surface area contributed by atoms with E-state index in [1.165, 1.54) is 52.0 Å². The number of nitrogens with zero attached hydrogens (tertiary/aromatic N) is 4. The van der Waals surface area contributed by atoms with Crippen molar-refractivity contribution in [2.24, 2.45) is 0 Å². The predicted octanol–water partition coefficient (Wildman–Crippen LogP) is 1.52. The van der Waals surface area contributed by atoms with E-state index in [-0.39, 0.29) is 45.8 Å². The number of halogens is 1. The van der Waals surface area contributed by atoms with Gasteiger partial charge >= 0.3 is 0 Å². The predicted molar refractivity (Wildman–Crippen MR) is 123 cm³/mol. The SMILES string of the molecule is O=C(Nc1ccc(-n2cncn2)c(F)c1)c1cc(=O)[nH]c2ccc(S(=O)(=O)N3CCOCC3)cc12. The molecule has 0 unspecified atom stereocenters. The number of hydrogen-bond acceptors (Lipinski definition) is 7. The van der Waals surface area contributed by atoms with Crippen LogP contribution in [0.3, 0.4) is 0 Å². The van der Waals surface area contributed by atoms with Crippen LogP contribution in [0.25, 0.3) is 16.6 Å². The van der Waals surface area contributed by atoms with E-state index in [0.717, 1.165) is 12.1 Å². The minimum Gasteiger partial charge on any atom is -0.379 e. The minimum absolute atomic E-state index is 0.0174. The van der Waals surface area contributed by atoms with Crippen molar-refractivity contribution in [1.82, 2.24) is 24.1 Å². The van der Waals surface area contributed by atoms with E-state index in [2.05, 4.69) is 20.4 Å². The van der Waals surface area contributed by atoms with Gasteiger partial charge in [0.15, 0.2) is 5.82 Å². The molecule has 0 radical (unpaired) electrons. The summed E-state index contributed by atoms with van der Waals surface area (Å²) in [4.78, 5) is 31.6. The summed E-state index contributed by atoms with van der Waals surface area (Å²) in [7, 11) is -3.83. The van der Waals surface area contributed by atoms with Gasteiger partial charge in [-0.05, 0) is 36.4 Å². The molecular formula is C22H19FN6O5S. The Hall–Kier alpha value is -3.94. The number of H-pyrrole nitrogens is 1. The summed E-state index contributed by atoms with van der Waals surface area (Å²) in [6, 6.07) is 9.24. The zero-order chi connectivity index (χ0) is 24.6. The maximum absolute atomic E-state index is 14.6. The highest BCUT2D eigenvalue weighted by molar-refractivity contribution is 7.89. The lowest BCUT2D eigenvalue weighted by Gasteiger charge is -2.26. The van der Waals surface area contributed by atoms with E-state index in [1.807, 2.05) is 0 Å². The molecule has 11 nitrogen and oxygen atoms in total. The second kappa shape index (κ2) is 9.02. The lowest BCUT2D eigenvalue weighted by atomic mass is 10.1. The maximum Gasteiger partial charge on any atom is 0.256 e. The van der Waals surface area contributed by atoms with Crippen molar-refractivity contribution in [3.63, 3.8) is 0 Å². The number of pyridine rings is 1. The van der Waals surface area contributed by atoms with Gasteiger partial charge in [0.25, 0.3) is 5.91 Å². The number of aromatic nitrogens is 4. The summed E-state index contributed by atoms with van der Waals surface area (Å²) in [5, 5.41) is 6.66. The summed E-state index contributed by atoms with van der Waals surface area (Å²) >= 11 is 0. The van der Waals surface area contributed by atoms with Gasteiger partial charge in [-0.1, -0.05) is 0 Å². The molecule has 0 aliphatic carbocycles. The average molecular weight is 498 g/mol. The van der Waals surface area contributed by atoms with Gasteiger partial charge in [-0.3, -0.25) is 9.59 Å². The van der Waals surface area contributed by atoms with E-state index in [0.29, 0.717) is 13.2 Å². The van der Waals surface area contributed by atoms with Crippen LogP contribution in [0.15, 0.2) is 64.8 Å². The Balaban J connectivity index is 1.49. The van der Waals surface area contributed by atoms with Crippen molar-refractivity contribution in [3.05, 3.63) is 76.9 Å². The Kier molecular flexibility index (Phi) is 5.88. The number of benzene rings is 2. The van der Waals surface area contributed by atoms with Crippen LogP contribution in [0.4, 0.5) is 10.1 Å². The molecule has 1 amide bonds. The molecule has 0 bridgehead atoms. The first-order valence-electron chi connectivity index (χ1n) is 10.5. The third kappa shape index (κ3) is 4.43. The third-order valence-electron chi connectivity index (χ3n) is 5.54. The molecule has 0 atom stereocenters. The van der Waals surface area contributed by atoms with Gasteiger partial charge in [-0.25, -0.2) is 22.5 Å². The number of aromatic amines is 1. The first-order chi connectivity index (χ1) is 16.8. The summed E-state index contributed by atoms with van der Waals surface area (Å²) in [5.41, 5.74) is -0.0269. The minimum atomic E-state index is -3.83. The number of amides is 1. The molecule has 2 aromatic carbocycles. The lowest BCUT2D eigenvalue weighted by Crippen LogP contribution is -2.40. The molecule has 5 rings (SSSR count).